The number of halogens is 1. The molecule has 0 amide bonds. The van der Waals surface area contributed by atoms with Crippen LogP contribution in [0.1, 0.15) is 18.7 Å². The van der Waals surface area contributed by atoms with Crippen molar-refractivity contribution in [3.8, 4) is 0 Å². The number of thiophene rings is 1. The van der Waals surface area contributed by atoms with Gasteiger partial charge in [-0.25, -0.2) is 0 Å². The first-order chi connectivity index (χ1) is 8.72. The Kier molecular flexibility index (Phi) is 4.85. The lowest BCUT2D eigenvalue weighted by Gasteiger charge is -2.37. The van der Waals surface area contributed by atoms with Crippen molar-refractivity contribution in [3.05, 3.63) is 35.2 Å². The van der Waals surface area contributed by atoms with E-state index in [-0.39, 0.29) is 12.4 Å². The molecule has 1 aliphatic rings. The molecule has 1 N–H and O–H groups in total. The first-order valence-electron chi connectivity index (χ1n) is 6.67. The predicted molar refractivity (Wildman–Crippen MR) is 86.4 cm³/mol. The standard InChI is InChI=1S/C15H20N2S.ClH/c1-11-9-17(12(2)8-16-11)10-14-7-13-5-3-4-6-15(13)18-14;/h3-7,11-12,16H,8-10H2,1-2H3;1H. The Balaban J connectivity index is 0.00000133. The average Bonchev–Trinajstić information content (AvgIpc) is 2.76. The third kappa shape index (κ3) is 3.29. The van der Waals surface area contributed by atoms with Gasteiger partial charge in [0.05, 0.1) is 0 Å². The second-order valence-electron chi connectivity index (χ2n) is 5.34. The smallest absolute Gasteiger partial charge is 0.0346 e. The van der Waals surface area contributed by atoms with Gasteiger partial charge in [0.25, 0.3) is 0 Å². The maximum atomic E-state index is 3.54. The number of fused-ring (bicyclic) bond motifs is 1. The summed E-state index contributed by atoms with van der Waals surface area (Å²) in [6.45, 7) is 7.92. The van der Waals surface area contributed by atoms with Gasteiger partial charge in [-0.3, -0.25) is 4.90 Å². The first-order valence-corrected chi connectivity index (χ1v) is 7.49. The molecular weight excluding hydrogens is 276 g/mol. The molecule has 1 aliphatic heterocycles. The molecular formula is C15H21ClN2S. The lowest BCUT2D eigenvalue weighted by atomic mass is 10.1. The molecule has 2 atom stereocenters. The summed E-state index contributed by atoms with van der Waals surface area (Å²) in [5.74, 6) is 0. The van der Waals surface area contributed by atoms with Crippen LogP contribution in [0.4, 0.5) is 0 Å². The zero-order chi connectivity index (χ0) is 12.5. The van der Waals surface area contributed by atoms with Gasteiger partial charge in [-0.15, -0.1) is 23.7 Å². The van der Waals surface area contributed by atoms with Crippen LogP contribution in [0.2, 0.25) is 0 Å². The van der Waals surface area contributed by atoms with Crippen LogP contribution in [-0.2, 0) is 6.54 Å². The predicted octanol–water partition coefficient (Wildman–Crippen LogP) is 3.51. The van der Waals surface area contributed by atoms with Gasteiger partial charge in [0.15, 0.2) is 0 Å². The summed E-state index contributed by atoms with van der Waals surface area (Å²) < 4.78 is 1.41. The van der Waals surface area contributed by atoms with Gasteiger partial charge in [-0.05, 0) is 31.4 Å². The minimum Gasteiger partial charge on any atom is -0.311 e. The van der Waals surface area contributed by atoms with Crippen LogP contribution in [0.15, 0.2) is 30.3 Å². The molecule has 2 aromatic rings. The zero-order valence-electron chi connectivity index (χ0n) is 11.4. The molecule has 1 aromatic heterocycles. The molecule has 0 radical (unpaired) electrons. The molecule has 1 saturated heterocycles. The molecule has 2 heterocycles. The monoisotopic (exact) mass is 296 g/mol. The molecule has 1 aromatic carbocycles. The van der Waals surface area contributed by atoms with Crippen molar-refractivity contribution >= 4 is 33.8 Å². The van der Waals surface area contributed by atoms with Gasteiger partial charge in [0.1, 0.15) is 0 Å². The minimum atomic E-state index is 0. The highest BCUT2D eigenvalue weighted by molar-refractivity contribution is 7.19. The Bertz CT molecular complexity index is 507. The van der Waals surface area contributed by atoms with Crippen molar-refractivity contribution in [1.29, 1.82) is 0 Å². The number of nitrogens with one attached hydrogen (secondary N) is 1. The lowest BCUT2D eigenvalue weighted by molar-refractivity contribution is 0.140. The minimum absolute atomic E-state index is 0. The maximum absolute atomic E-state index is 3.54. The summed E-state index contributed by atoms with van der Waals surface area (Å²) in [5.41, 5.74) is 0. The quantitative estimate of drug-likeness (QED) is 0.912. The Hall–Kier alpha value is -0.610. The second kappa shape index (κ2) is 6.23. The number of hydrogen-bond acceptors (Lipinski definition) is 3. The van der Waals surface area contributed by atoms with Crippen molar-refractivity contribution in [2.24, 2.45) is 0 Å². The molecule has 104 valence electrons. The van der Waals surface area contributed by atoms with Crippen molar-refractivity contribution in [3.63, 3.8) is 0 Å². The number of benzene rings is 1. The topological polar surface area (TPSA) is 15.3 Å². The third-order valence-electron chi connectivity index (χ3n) is 3.73. The van der Waals surface area contributed by atoms with Gasteiger partial charge in [0.2, 0.25) is 0 Å². The molecule has 3 rings (SSSR count). The first kappa shape index (κ1) is 14.8. The van der Waals surface area contributed by atoms with E-state index in [0.29, 0.717) is 12.1 Å². The van der Waals surface area contributed by atoms with E-state index in [0.717, 1.165) is 19.6 Å². The van der Waals surface area contributed by atoms with Crippen LogP contribution in [0.25, 0.3) is 10.1 Å². The van der Waals surface area contributed by atoms with E-state index in [2.05, 4.69) is 54.4 Å². The number of piperazine rings is 1. The van der Waals surface area contributed by atoms with Crippen LogP contribution in [0.3, 0.4) is 0 Å². The SMILES string of the molecule is CC1CN(Cc2cc3ccccc3s2)C(C)CN1.Cl. The second-order valence-corrected chi connectivity index (χ2v) is 6.51. The van der Waals surface area contributed by atoms with Crippen LogP contribution >= 0.6 is 23.7 Å². The summed E-state index contributed by atoms with van der Waals surface area (Å²) in [5, 5.41) is 4.92. The zero-order valence-corrected chi connectivity index (χ0v) is 13.1. The molecule has 0 bridgehead atoms. The summed E-state index contributed by atoms with van der Waals surface area (Å²) in [4.78, 5) is 4.07. The van der Waals surface area contributed by atoms with Gasteiger partial charge >= 0.3 is 0 Å². The fourth-order valence-corrected chi connectivity index (χ4v) is 3.72. The summed E-state index contributed by atoms with van der Waals surface area (Å²) in [6, 6.07) is 12.3. The highest BCUT2D eigenvalue weighted by Crippen LogP contribution is 2.27. The van der Waals surface area contributed by atoms with E-state index in [9.17, 15) is 0 Å². The number of rotatable bonds is 2. The Labute approximate surface area is 125 Å². The van der Waals surface area contributed by atoms with Crippen molar-refractivity contribution < 1.29 is 0 Å². The average molecular weight is 297 g/mol. The van der Waals surface area contributed by atoms with Gasteiger partial charge in [0, 0.05) is 41.3 Å². The van der Waals surface area contributed by atoms with Crippen LogP contribution in [0, 0.1) is 0 Å². The fourth-order valence-electron chi connectivity index (χ4n) is 2.63. The summed E-state index contributed by atoms with van der Waals surface area (Å²) in [6.07, 6.45) is 0. The van der Waals surface area contributed by atoms with Crippen LogP contribution in [-0.4, -0.2) is 30.1 Å². The van der Waals surface area contributed by atoms with E-state index < -0.39 is 0 Å². The van der Waals surface area contributed by atoms with Crippen molar-refractivity contribution in [1.82, 2.24) is 10.2 Å². The lowest BCUT2D eigenvalue weighted by Crippen LogP contribution is -2.53. The fraction of sp³-hybridized carbons (Fsp3) is 0.467. The molecule has 0 spiro atoms. The molecule has 0 saturated carbocycles. The number of hydrogen-bond donors (Lipinski definition) is 1. The van der Waals surface area contributed by atoms with Gasteiger partial charge < -0.3 is 5.32 Å². The van der Waals surface area contributed by atoms with Crippen LogP contribution in [0.5, 0.6) is 0 Å². The Morgan fingerprint density at radius 1 is 1.32 bits per heavy atom. The van der Waals surface area contributed by atoms with Crippen LogP contribution < -0.4 is 5.32 Å². The number of nitrogens with zero attached hydrogens (tertiary/aromatic N) is 1. The molecule has 2 unspecified atom stereocenters. The third-order valence-corrected chi connectivity index (χ3v) is 4.83. The van der Waals surface area contributed by atoms with E-state index in [4.69, 9.17) is 0 Å². The molecule has 19 heavy (non-hydrogen) atoms. The molecule has 1 fully saturated rings. The molecule has 4 heteroatoms. The Morgan fingerprint density at radius 3 is 2.89 bits per heavy atom. The van der Waals surface area contributed by atoms with Crippen molar-refractivity contribution in [2.45, 2.75) is 32.5 Å². The van der Waals surface area contributed by atoms with E-state index in [1.54, 1.807) is 0 Å². The Morgan fingerprint density at radius 2 is 2.11 bits per heavy atom. The summed E-state index contributed by atoms with van der Waals surface area (Å²) in [7, 11) is 0. The van der Waals surface area contributed by atoms with Gasteiger partial charge in [-0.2, -0.15) is 0 Å². The van der Waals surface area contributed by atoms with E-state index in [1.807, 2.05) is 11.3 Å². The normalized spacial score (nSPS) is 24.3. The van der Waals surface area contributed by atoms with Crippen molar-refractivity contribution in [2.75, 3.05) is 13.1 Å². The highest BCUT2D eigenvalue weighted by Gasteiger charge is 2.22. The van der Waals surface area contributed by atoms with Gasteiger partial charge in [-0.1, -0.05) is 18.2 Å². The van der Waals surface area contributed by atoms with E-state index in [1.165, 1.54) is 15.0 Å². The largest absolute Gasteiger partial charge is 0.311 e. The molecule has 2 nitrogen and oxygen atoms in total. The summed E-state index contributed by atoms with van der Waals surface area (Å²) >= 11 is 1.93. The molecule has 0 aliphatic carbocycles. The maximum Gasteiger partial charge on any atom is 0.0346 e. The highest BCUT2D eigenvalue weighted by atomic mass is 35.5. The van der Waals surface area contributed by atoms with E-state index >= 15 is 0 Å².